The molecule has 2 rings (SSSR count). The highest BCUT2D eigenvalue weighted by molar-refractivity contribution is 7.11. The van der Waals surface area contributed by atoms with Crippen LogP contribution in [0.5, 0.6) is 17.2 Å². The van der Waals surface area contributed by atoms with Crippen LogP contribution in [0.3, 0.4) is 0 Å². The van der Waals surface area contributed by atoms with Crippen LogP contribution in [-0.4, -0.2) is 25.8 Å². The van der Waals surface area contributed by atoms with Gasteiger partial charge in [-0.25, -0.2) is 4.98 Å². The molecule has 0 aliphatic rings. The molecule has 0 spiro atoms. The Morgan fingerprint density at radius 1 is 1.29 bits per heavy atom. The van der Waals surface area contributed by atoms with Crippen molar-refractivity contribution in [2.75, 3.05) is 20.8 Å². The second kappa shape index (κ2) is 8.37. The van der Waals surface area contributed by atoms with E-state index in [0.717, 1.165) is 17.7 Å². The zero-order valence-electron chi connectivity index (χ0n) is 14.3. The molecule has 0 fully saturated rings. The largest absolute Gasteiger partial charge is 0.493 e. The zero-order chi connectivity index (χ0) is 17.5. The quantitative estimate of drug-likeness (QED) is 0.700. The molecule has 1 aromatic heterocycles. The molecule has 24 heavy (non-hydrogen) atoms. The predicted molar refractivity (Wildman–Crippen MR) is 95.7 cm³/mol. The molecule has 0 bridgehead atoms. The average Bonchev–Trinajstić information content (AvgIpc) is 3.03. The summed E-state index contributed by atoms with van der Waals surface area (Å²) in [7, 11) is 3.16. The Kier molecular flexibility index (Phi) is 6.21. The number of nitriles is 1. The molecule has 126 valence electrons. The Hall–Kier alpha value is -2.52. The van der Waals surface area contributed by atoms with Gasteiger partial charge in [-0.05, 0) is 37.1 Å². The van der Waals surface area contributed by atoms with Gasteiger partial charge in [-0.15, -0.1) is 11.3 Å². The highest BCUT2D eigenvalue weighted by Gasteiger charge is 2.14. The Morgan fingerprint density at radius 3 is 2.42 bits per heavy atom. The number of benzene rings is 1. The number of aromatic nitrogens is 1. The summed E-state index contributed by atoms with van der Waals surface area (Å²) in [5, 5.41) is 12.0. The normalized spacial score (nSPS) is 11.0. The summed E-state index contributed by atoms with van der Waals surface area (Å²) >= 11 is 1.45. The topological polar surface area (TPSA) is 64.4 Å². The van der Waals surface area contributed by atoms with Crippen LogP contribution in [0.2, 0.25) is 0 Å². The van der Waals surface area contributed by atoms with Gasteiger partial charge < -0.3 is 14.2 Å². The lowest BCUT2D eigenvalue weighted by molar-refractivity contribution is 0.275. The van der Waals surface area contributed by atoms with E-state index in [2.05, 4.69) is 11.1 Å². The van der Waals surface area contributed by atoms with E-state index < -0.39 is 0 Å². The van der Waals surface area contributed by atoms with Crippen molar-refractivity contribution in [3.8, 4) is 23.3 Å². The number of rotatable bonds is 7. The third-order valence-corrected chi connectivity index (χ3v) is 4.21. The SMILES string of the molecule is CCCOc1c(OC)cc(/C=C(/C#N)c2nc(C)cs2)cc1OC. The van der Waals surface area contributed by atoms with Crippen LogP contribution in [-0.2, 0) is 0 Å². The van der Waals surface area contributed by atoms with E-state index >= 15 is 0 Å². The Labute approximate surface area is 146 Å². The number of hydrogen-bond donors (Lipinski definition) is 0. The predicted octanol–water partition coefficient (Wildman–Crippen LogP) is 4.32. The lowest BCUT2D eigenvalue weighted by Gasteiger charge is -2.15. The Balaban J connectivity index is 2.46. The highest BCUT2D eigenvalue weighted by atomic mass is 32.1. The van der Waals surface area contributed by atoms with Crippen molar-refractivity contribution >= 4 is 23.0 Å². The van der Waals surface area contributed by atoms with Crippen molar-refractivity contribution in [1.82, 2.24) is 4.98 Å². The first kappa shape index (κ1) is 17.8. The van der Waals surface area contributed by atoms with Gasteiger partial charge in [-0.2, -0.15) is 5.26 Å². The summed E-state index contributed by atoms with van der Waals surface area (Å²) < 4.78 is 16.6. The van der Waals surface area contributed by atoms with E-state index in [9.17, 15) is 5.26 Å². The second-order valence-electron chi connectivity index (χ2n) is 5.07. The monoisotopic (exact) mass is 344 g/mol. The smallest absolute Gasteiger partial charge is 0.203 e. The van der Waals surface area contributed by atoms with Gasteiger partial charge in [0.25, 0.3) is 0 Å². The van der Waals surface area contributed by atoms with Gasteiger partial charge >= 0.3 is 0 Å². The first-order valence-electron chi connectivity index (χ1n) is 7.56. The summed E-state index contributed by atoms with van der Waals surface area (Å²) in [5.74, 6) is 1.71. The summed E-state index contributed by atoms with van der Waals surface area (Å²) in [5.41, 5.74) is 2.19. The molecule has 0 aliphatic heterocycles. The summed E-state index contributed by atoms with van der Waals surface area (Å²) in [6.45, 7) is 4.51. The van der Waals surface area contributed by atoms with Crippen molar-refractivity contribution in [1.29, 1.82) is 5.26 Å². The van der Waals surface area contributed by atoms with Crippen molar-refractivity contribution < 1.29 is 14.2 Å². The zero-order valence-corrected chi connectivity index (χ0v) is 15.1. The van der Waals surface area contributed by atoms with Gasteiger partial charge in [0.05, 0.1) is 26.4 Å². The van der Waals surface area contributed by atoms with Crippen molar-refractivity contribution in [3.05, 3.63) is 33.8 Å². The minimum Gasteiger partial charge on any atom is -0.493 e. The van der Waals surface area contributed by atoms with Crippen molar-refractivity contribution in [3.63, 3.8) is 0 Å². The number of thiazole rings is 1. The number of hydrogen-bond acceptors (Lipinski definition) is 6. The highest BCUT2D eigenvalue weighted by Crippen LogP contribution is 2.39. The van der Waals surface area contributed by atoms with Gasteiger partial charge in [0, 0.05) is 11.1 Å². The third kappa shape index (κ3) is 4.06. The number of aryl methyl sites for hydroxylation is 1. The standard InChI is InChI=1S/C18H20N2O3S/c1-5-6-23-17-15(21-3)8-13(9-16(17)22-4)7-14(10-19)18-20-12(2)11-24-18/h7-9,11H,5-6H2,1-4H3/b14-7-. The van der Waals surface area contributed by atoms with Crippen LogP contribution in [0, 0.1) is 18.3 Å². The fourth-order valence-electron chi connectivity index (χ4n) is 2.12. The molecule has 0 saturated heterocycles. The molecular formula is C18H20N2O3S. The van der Waals surface area contributed by atoms with Crippen LogP contribution in [0.15, 0.2) is 17.5 Å². The summed E-state index contributed by atoms with van der Waals surface area (Å²) in [4.78, 5) is 4.36. The van der Waals surface area contributed by atoms with Crippen LogP contribution in [0.1, 0.15) is 29.6 Å². The van der Waals surface area contributed by atoms with Crippen LogP contribution in [0.25, 0.3) is 11.6 Å². The fourth-order valence-corrected chi connectivity index (χ4v) is 2.88. The maximum atomic E-state index is 9.43. The Morgan fingerprint density at radius 2 is 1.96 bits per heavy atom. The first-order chi connectivity index (χ1) is 11.6. The molecular weight excluding hydrogens is 324 g/mol. The van der Waals surface area contributed by atoms with E-state index in [0.29, 0.717) is 34.4 Å². The number of nitrogens with zero attached hydrogens (tertiary/aromatic N) is 2. The molecule has 0 unspecified atom stereocenters. The molecule has 0 atom stereocenters. The molecule has 5 nitrogen and oxygen atoms in total. The lowest BCUT2D eigenvalue weighted by atomic mass is 10.1. The van der Waals surface area contributed by atoms with Crippen LogP contribution in [0.4, 0.5) is 0 Å². The van der Waals surface area contributed by atoms with Gasteiger partial charge in [0.1, 0.15) is 11.1 Å². The van der Waals surface area contributed by atoms with Crippen LogP contribution >= 0.6 is 11.3 Å². The van der Waals surface area contributed by atoms with E-state index in [1.54, 1.807) is 20.3 Å². The maximum absolute atomic E-state index is 9.43. The third-order valence-electron chi connectivity index (χ3n) is 3.21. The van der Waals surface area contributed by atoms with Crippen LogP contribution < -0.4 is 14.2 Å². The van der Waals surface area contributed by atoms with E-state index in [1.165, 1.54) is 11.3 Å². The van der Waals surface area contributed by atoms with Crippen molar-refractivity contribution in [2.45, 2.75) is 20.3 Å². The number of allylic oxidation sites excluding steroid dienone is 1. The molecule has 0 radical (unpaired) electrons. The van der Waals surface area contributed by atoms with Crippen molar-refractivity contribution in [2.24, 2.45) is 0 Å². The van der Waals surface area contributed by atoms with Gasteiger partial charge in [-0.3, -0.25) is 0 Å². The summed E-state index contributed by atoms with van der Waals surface area (Å²) in [6, 6.07) is 5.85. The minimum absolute atomic E-state index is 0.499. The molecule has 0 amide bonds. The molecule has 0 aliphatic carbocycles. The number of methoxy groups -OCH3 is 2. The lowest BCUT2D eigenvalue weighted by Crippen LogP contribution is -2.01. The van der Waals surface area contributed by atoms with Gasteiger partial charge in [0.2, 0.25) is 5.75 Å². The fraction of sp³-hybridized carbons (Fsp3) is 0.333. The molecule has 0 N–H and O–H groups in total. The first-order valence-corrected chi connectivity index (χ1v) is 8.44. The maximum Gasteiger partial charge on any atom is 0.203 e. The number of ether oxygens (including phenoxy) is 3. The molecule has 1 heterocycles. The van der Waals surface area contributed by atoms with E-state index in [1.807, 2.05) is 31.4 Å². The molecule has 6 heteroatoms. The Bertz CT molecular complexity index is 750. The van der Waals surface area contributed by atoms with Gasteiger partial charge in [0.15, 0.2) is 11.5 Å². The second-order valence-corrected chi connectivity index (χ2v) is 5.92. The van der Waals surface area contributed by atoms with E-state index in [4.69, 9.17) is 14.2 Å². The molecule has 0 saturated carbocycles. The van der Waals surface area contributed by atoms with Gasteiger partial charge in [-0.1, -0.05) is 6.92 Å². The van der Waals surface area contributed by atoms with E-state index in [-0.39, 0.29) is 0 Å². The summed E-state index contributed by atoms with van der Waals surface area (Å²) in [6.07, 6.45) is 2.66. The molecule has 1 aromatic carbocycles. The average molecular weight is 344 g/mol. The minimum atomic E-state index is 0.499. The molecule has 2 aromatic rings.